The minimum absolute atomic E-state index is 0.0182. The molecule has 0 bridgehead atoms. The minimum Gasteiger partial charge on any atom is -0.480 e. The van der Waals surface area contributed by atoms with Crippen molar-refractivity contribution < 1.29 is 87.5 Å². The van der Waals surface area contributed by atoms with Gasteiger partial charge in [-0.2, -0.15) is 0 Å². The van der Waals surface area contributed by atoms with E-state index in [0.29, 0.717) is 44.1 Å². The molecule has 0 saturated carbocycles. The Bertz CT molecular complexity index is 3460. The van der Waals surface area contributed by atoms with Crippen LogP contribution < -0.4 is 58.9 Å². The summed E-state index contributed by atoms with van der Waals surface area (Å²) in [6.07, 6.45) is 10.6. The third-order valence-electron chi connectivity index (χ3n) is 19.0. The van der Waals surface area contributed by atoms with Crippen LogP contribution in [0.1, 0.15) is 208 Å². The van der Waals surface area contributed by atoms with Gasteiger partial charge in [-0.05, 0) is 114 Å². The van der Waals surface area contributed by atoms with Crippen molar-refractivity contribution in [3.05, 3.63) is 71.9 Å². The number of nitrogens with zero attached hydrogens (tertiary/aromatic N) is 1. The van der Waals surface area contributed by atoms with Crippen molar-refractivity contribution in [3.8, 4) is 0 Å². The molecule has 4 rings (SSSR count). The van der Waals surface area contributed by atoms with E-state index in [2.05, 4.69) is 58.2 Å². The predicted molar refractivity (Wildman–Crippen MR) is 407 cm³/mol. The lowest BCUT2D eigenvalue weighted by Gasteiger charge is -2.29. The molecule has 2 heterocycles. The molecule has 0 radical (unpaired) electrons. The van der Waals surface area contributed by atoms with Crippen molar-refractivity contribution in [1.82, 2.24) is 63.1 Å². The number of aromatic amines is 1. The zero-order chi connectivity index (χ0) is 80.9. The maximum atomic E-state index is 14.1. The molecule has 13 atom stereocenters. The molecule has 1 aliphatic heterocycles. The summed E-state index contributed by atoms with van der Waals surface area (Å²) < 4.78 is 0. The van der Waals surface area contributed by atoms with Crippen LogP contribution in [0.4, 0.5) is 0 Å². The normalized spacial score (nSPS) is 16.1. The Morgan fingerprint density at radius 3 is 1.46 bits per heavy atom. The summed E-state index contributed by atoms with van der Waals surface area (Å²) in [6.45, 7) is 14.2. The number of nitrogens with one attached hydrogen (secondary N) is 11. The van der Waals surface area contributed by atoms with Crippen LogP contribution in [0.5, 0.6) is 0 Å². The van der Waals surface area contributed by atoms with E-state index in [9.17, 15) is 87.5 Å². The topological polar surface area (TPSA) is 485 Å². The van der Waals surface area contributed by atoms with Crippen LogP contribution in [0.15, 0.2) is 60.8 Å². The fraction of sp³-hybridized carbons (Fsp3) is 0.641. The smallest absolute Gasteiger partial charge is 0.326 e. The number of primary amides is 1. The van der Waals surface area contributed by atoms with Crippen molar-refractivity contribution in [3.63, 3.8) is 0 Å². The van der Waals surface area contributed by atoms with E-state index >= 15 is 0 Å². The van der Waals surface area contributed by atoms with Gasteiger partial charge in [0.25, 0.3) is 0 Å². The fourth-order valence-corrected chi connectivity index (χ4v) is 13.0. The van der Waals surface area contributed by atoms with E-state index in [-0.39, 0.29) is 81.4 Å². The van der Waals surface area contributed by atoms with Gasteiger partial charge in [-0.1, -0.05) is 154 Å². The number of benzene rings is 2. The molecule has 1 unspecified atom stereocenters. The third kappa shape index (κ3) is 33.2. The molecule has 0 spiro atoms. The second-order valence-electron chi connectivity index (χ2n) is 30.0. The van der Waals surface area contributed by atoms with Crippen LogP contribution in [-0.2, 0) is 80.0 Å². The SMILES string of the molecule is CC(C)C[C@H](NC(=O)[C@H](CCC(N)=O)NC(=O)[C@@H]1CCCN1C(=O)CCCCCCCCCCCCCCC(=O)N[C@@H](CO)C(=O)N[C@H](C(=O)N[C@@H](CC(C)C)C(=O)N[C@@H](C)C(=O)N[C@H](C=O)Cc1ccccc1)C(C)O)C(=O)N[C@H](C(=O)N[C@@H](CC(C)C)C(=O)N[C@@H](Cc1c[nH]c2ccccc12)C(=O)O)[C@@H](C)O. The standard InChI is InChI=1S/C78H121N13O18/c1-46(2)38-58(71(101)81-49(7)69(99)82-54(44-92)41-52-28-21-20-22-29-52)86-77(107)68(51(9)95)90-74(104)62(45-93)83-65(97)33-23-18-16-14-12-10-11-13-15-17-19-24-34-66(98)91-37-27-32-63(91)75(105)84-57(35-36-64(79)96)70(100)85-60(40-48(5)6)73(103)89-67(50(8)94)76(106)87-59(39-47(3)4)72(102)88-61(78(108)109)42-53-43-80-56-31-26-25-30-55(53)56/h20-22,25-26,28-31,43-44,46-51,54,57-63,67-68,80,93-95H,10-19,23-24,27,32-42,45H2,1-9H3,(H2,79,96)(H,81,101)(H,82,99)(H,83,97)(H,84,105)(H,85,100)(H,86,107)(H,87,106)(H,88,102)(H,89,103)(H,90,104)(H,108,109)/t49-,50+,51?,54-,57-,58-,59-,60-,61-,62-,63-,67-,68-/m0/s1. The monoisotopic (exact) mass is 1530 g/mol. The first-order valence-electron chi connectivity index (χ1n) is 38.6. The number of para-hydroxylation sites is 1. The van der Waals surface area contributed by atoms with Gasteiger partial charge in [-0.15, -0.1) is 0 Å². The fourth-order valence-electron chi connectivity index (χ4n) is 13.0. The molecule has 2 aromatic carbocycles. The van der Waals surface area contributed by atoms with E-state index in [0.717, 1.165) is 80.7 Å². The van der Waals surface area contributed by atoms with Gasteiger partial charge >= 0.3 is 5.97 Å². The number of hydrogen-bond acceptors (Lipinski definition) is 17. The highest BCUT2D eigenvalue weighted by Gasteiger charge is 2.39. The summed E-state index contributed by atoms with van der Waals surface area (Å²) in [5, 5.41) is 68.0. The summed E-state index contributed by atoms with van der Waals surface area (Å²) in [5.41, 5.74) is 7.73. The maximum Gasteiger partial charge on any atom is 0.326 e. The third-order valence-corrected chi connectivity index (χ3v) is 19.0. The molecule has 1 aromatic heterocycles. The van der Waals surface area contributed by atoms with E-state index in [1.165, 1.54) is 25.7 Å². The van der Waals surface area contributed by atoms with Gasteiger partial charge in [0.2, 0.25) is 70.9 Å². The Labute approximate surface area is 639 Å². The first kappa shape index (κ1) is 92.0. The Morgan fingerprint density at radius 1 is 0.505 bits per heavy atom. The van der Waals surface area contributed by atoms with Crippen molar-refractivity contribution in [2.75, 3.05) is 13.2 Å². The van der Waals surface area contributed by atoms with Gasteiger partial charge in [0, 0.05) is 49.3 Å². The Balaban J connectivity index is 1.16. The summed E-state index contributed by atoms with van der Waals surface area (Å²) in [5.74, 6) is -10.7. The molecule has 1 fully saturated rings. The number of hydrogen-bond donors (Lipinski definition) is 16. The van der Waals surface area contributed by atoms with Crippen molar-refractivity contribution >= 4 is 94.0 Å². The predicted octanol–water partition coefficient (Wildman–Crippen LogP) is 2.71. The summed E-state index contributed by atoms with van der Waals surface area (Å²) in [4.78, 5) is 191. The average Bonchev–Trinajstić information content (AvgIpc) is 1.64. The summed E-state index contributed by atoms with van der Waals surface area (Å²) in [7, 11) is 0. The lowest BCUT2D eigenvalue weighted by molar-refractivity contribution is -0.142. The number of carboxylic acid groups (broad SMARTS) is 1. The molecule has 12 amide bonds. The molecular formula is C78H121N13O18. The van der Waals surface area contributed by atoms with Gasteiger partial charge in [0.15, 0.2) is 0 Å². The molecule has 31 heteroatoms. The number of rotatable bonds is 52. The number of aldehydes is 1. The largest absolute Gasteiger partial charge is 0.480 e. The highest BCUT2D eigenvalue weighted by atomic mass is 16.4. The van der Waals surface area contributed by atoms with Gasteiger partial charge in [-0.25, -0.2) is 4.79 Å². The van der Waals surface area contributed by atoms with E-state index in [1.54, 1.807) is 65.9 Å². The number of carbonyl (C=O) groups excluding carboxylic acids is 13. The zero-order valence-electron chi connectivity index (χ0n) is 64.8. The second kappa shape index (κ2) is 48.2. The number of unbranched alkanes of at least 4 members (excludes halogenated alkanes) is 11. The molecule has 109 heavy (non-hydrogen) atoms. The number of carbonyl (C=O) groups is 14. The van der Waals surface area contributed by atoms with Crippen LogP contribution in [0, 0.1) is 17.8 Å². The van der Waals surface area contributed by atoms with Crippen LogP contribution in [0.2, 0.25) is 0 Å². The highest BCUT2D eigenvalue weighted by Crippen LogP contribution is 2.23. The summed E-state index contributed by atoms with van der Waals surface area (Å²) in [6, 6.07) is 2.13. The molecule has 3 aromatic rings. The Hall–Kier alpha value is -9.36. The number of carboxylic acids is 1. The van der Waals surface area contributed by atoms with Crippen molar-refractivity contribution in [1.29, 1.82) is 0 Å². The van der Waals surface area contributed by atoms with Crippen molar-refractivity contribution in [2.24, 2.45) is 23.5 Å². The first-order chi connectivity index (χ1) is 51.7. The Morgan fingerprint density at radius 2 is 0.963 bits per heavy atom. The number of nitrogens with two attached hydrogens (primary N) is 1. The first-order valence-corrected chi connectivity index (χ1v) is 38.6. The minimum atomic E-state index is -1.66. The van der Waals surface area contributed by atoms with Crippen LogP contribution in [0.3, 0.4) is 0 Å². The molecule has 1 aliphatic rings. The number of amides is 12. The molecule has 606 valence electrons. The lowest BCUT2D eigenvalue weighted by atomic mass is 9.99. The van der Waals surface area contributed by atoms with Gasteiger partial charge in [0.05, 0.1) is 24.9 Å². The molecule has 31 nitrogen and oxygen atoms in total. The molecular weight excluding hydrogens is 1410 g/mol. The number of likely N-dealkylation sites (tertiary alicyclic amines) is 1. The number of H-pyrrole nitrogens is 1. The summed E-state index contributed by atoms with van der Waals surface area (Å²) >= 11 is 0. The lowest BCUT2D eigenvalue weighted by Crippen LogP contribution is -2.61. The molecule has 17 N–H and O–H groups in total. The second-order valence-corrected chi connectivity index (χ2v) is 30.0. The maximum absolute atomic E-state index is 14.1. The number of aliphatic hydroxyl groups excluding tert-OH is 3. The molecule has 1 saturated heterocycles. The zero-order valence-corrected chi connectivity index (χ0v) is 64.8. The van der Waals surface area contributed by atoms with Crippen molar-refractivity contribution in [2.45, 2.75) is 289 Å². The van der Waals surface area contributed by atoms with Crippen LogP contribution in [0.25, 0.3) is 10.9 Å². The van der Waals surface area contributed by atoms with Gasteiger partial charge in [-0.3, -0.25) is 57.5 Å². The quantitative estimate of drug-likeness (QED) is 0.0285. The van der Waals surface area contributed by atoms with E-state index in [1.807, 2.05) is 36.4 Å². The van der Waals surface area contributed by atoms with Gasteiger partial charge < -0.3 is 94.0 Å². The number of aromatic nitrogens is 1. The Kier molecular flexibility index (Phi) is 40.7. The van der Waals surface area contributed by atoms with E-state index < -0.39 is 156 Å². The number of aliphatic hydroxyl groups is 3. The number of aliphatic carboxylic acids is 1. The highest BCUT2D eigenvalue weighted by molar-refractivity contribution is 5.99. The molecule has 0 aliphatic carbocycles. The number of fused-ring (bicyclic) bond motifs is 1. The van der Waals surface area contributed by atoms with Crippen LogP contribution in [-0.4, -0.2) is 205 Å². The van der Waals surface area contributed by atoms with E-state index in [4.69, 9.17) is 5.73 Å². The van der Waals surface area contributed by atoms with Gasteiger partial charge in [0.1, 0.15) is 66.7 Å². The average molecular weight is 1530 g/mol. The van der Waals surface area contributed by atoms with Crippen LogP contribution >= 0.6 is 0 Å².